The highest BCUT2D eigenvalue weighted by molar-refractivity contribution is 6.93. The lowest BCUT2D eigenvalue weighted by Crippen LogP contribution is -2.61. The molecule has 0 heterocycles. The summed E-state index contributed by atoms with van der Waals surface area (Å²) in [5, 5.41) is 0. The first kappa shape index (κ1) is 31.6. The summed E-state index contributed by atoms with van der Waals surface area (Å²) < 4.78 is 25.8. The molecule has 32 heavy (non-hydrogen) atoms. The number of hydrogen-bond donors (Lipinski definition) is 1. The van der Waals surface area contributed by atoms with Crippen LogP contribution in [0.3, 0.4) is 0 Å². The zero-order chi connectivity index (χ0) is 25.4. The molecule has 0 aromatic heterocycles. The molecule has 0 rings (SSSR count). The SMILES string of the molecule is C=C[Si](C)(C)O[Si](CCCOC(=O)C(=C)C)(O[Si](C)(C)C=C)O[Si](C)(C)CC[Si](C)(C)O. The van der Waals surface area contributed by atoms with E-state index in [0.717, 1.165) is 12.1 Å². The third kappa shape index (κ3) is 13.4. The molecule has 6 nitrogen and oxygen atoms in total. The van der Waals surface area contributed by atoms with Crippen LogP contribution in [0.2, 0.25) is 70.5 Å². The van der Waals surface area contributed by atoms with Gasteiger partial charge in [-0.25, -0.2) is 4.79 Å². The number of ether oxygens (including phenoxy) is 1. The summed E-state index contributed by atoms with van der Waals surface area (Å²) in [6, 6.07) is 2.15. The lowest BCUT2D eigenvalue weighted by Gasteiger charge is -2.44. The van der Waals surface area contributed by atoms with Crippen LogP contribution in [0, 0.1) is 0 Å². The van der Waals surface area contributed by atoms with Gasteiger partial charge >= 0.3 is 14.8 Å². The number of carbonyl (C=O) groups is 1. The Morgan fingerprint density at radius 3 is 1.69 bits per heavy atom. The molecule has 0 aliphatic carbocycles. The predicted molar refractivity (Wildman–Crippen MR) is 146 cm³/mol. The maximum atomic E-state index is 11.8. The van der Waals surface area contributed by atoms with E-state index >= 15 is 0 Å². The molecule has 0 bridgehead atoms. The highest BCUT2D eigenvalue weighted by Crippen LogP contribution is 2.33. The largest absolute Gasteiger partial charge is 0.470 e. The van der Waals surface area contributed by atoms with Crippen molar-refractivity contribution in [1.29, 1.82) is 0 Å². The fraction of sp³-hybridized carbons (Fsp3) is 0.667. The molecule has 0 aromatic carbocycles. The Bertz CT molecular complexity index is 648. The summed E-state index contributed by atoms with van der Waals surface area (Å²) in [5.74, 6) is -0.397. The summed E-state index contributed by atoms with van der Waals surface area (Å²) in [6.07, 6.45) is 0.569. The first-order valence-corrected chi connectivity index (χ1v) is 25.4. The third-order valence-electron chi connectivity index (χ3n) is 4.80. The third-order valence-corrected chi connectivity index (χ3v) is 21.3. The Kier molecular flexibility index (Phi) is 12.2. The fourth-order valence-corrected chi connectivity index (χ4v) is 21.9. The van der Waals surface area contributed by atoms with E-state index in [4.69, 9.17) is 17.1 Å². The molecule has 11 heteroatoms. The van der Waals surface area contributed by atoms with Crippen LogP contribution < -0.4 is 0 Å². The van der Waals surface area contributed by atoms with E-state index in [0.29, 0.717) is 18.0 Å². The van der Waals surface area contributed by atoms with E-state index in [-0.39, 0.29) is 6.61 Å². The van der Waals surface area contributed by atoms with Crippen molar-refractivity contribution in [3.05, 3.63) is 36.7 Å². The number of hydrogen-bond acceptors (Lipinski definition) is 6. The van der Waals surface area contributed by atoms with Gasteiger partial charge in [-0.15, -0.1) is 13.2 Å². The molecular weight excluding hydrogens is 489 g/mol. The van der Waals surface area contributed by atoms with Crippen LogP contribution in [0.1, 0.15) is 13.3 Å². The van der Waals surface area contributed by atoms with E-state index in [1.54, 1.807) is 6.92 Å². The molecule has 0 saturated carbocycles. The standard InChI is InChI=1S/C21H46O6Si5/c1-13-29(7,8)25-32(26-30(9,10)14-2,17-15-16-24-21(22)20(3)4)27-31(11,12)19-18-28(5,6)23/h13-14,23H,1-3,15-19H2,4-12H3. The van der Waals surface area contributed by atoms with Gasteiger partial charge in [0, 0.05) is 11.6 Å². The van der Waals surface area contributed by atoms with Crippen LogP contribution in [0.4, 0.5) is 0 Å². The number of rotatable bonds is 16. The highest BCUT2D eigenvalue weighted by Gasteiger charge is 2.51. The van der Waals surface area contributed by atoms with E-state index < -0.39 is 48.0 Å². The molecule has 0 radical (unpaired) electrons. The lowest BCUT2D eigenvalue weighted by atomic mass is 10.4. The minimum Gasteiger partial charge on any atom is -0.462 e. The molecule has 0 atom stereocenters. The van der Waals surface area contributed by atoms with Crippen molar-refractivity contribution in [2.45, 2.75) is 83.9 Å². The van der Waals surface area contributed by atoms with Crippen LogP contribution in [-0.2, 0) is 21.9 Å². The Hall–Kier alpha value is -0.386. The summed E-state index contributed by atoms with van der Waals surface area (Å²) >= 11 is 0. The van der Waals surface area contributed by atoms with E-state index in [2.05, 4.69) is 59.0 Å². The van der Waals surface area contributed by atoms with Crippen molar-refractivity contribution in [1.82, 2.24) is 0 Å². The van der Waals surface area contributed by atoms with Gasteiger partial charge in [-0.2, -0.15) is 0 Å². The number of carbonyl (C=O) groups excluding carboxylic acids is 1. The molecule has 0 unspecified atom stereocenters. The molecule has 0 aliphatic heterocycles. The van der Waals surface area contributed by atoms with E-state index in [1.165, 1.54) is 0 Å². The van der Waals surface area contributed by atoms with Crippen molar-refractivity contribution in [2.75, 3.05) is 6.61 Å². The summed E-state index contributed by atoms with van der Waals surface area (Å²) in [5.41, 5.74) is 4.16. The average Bonchev–Trinajstić information content (AvgIpc) is 2.62. The van der Waals surface area contributed by atoms with Gasteiger partial charge in [0.15, 0.2) is 16.6 Å². The number of esters is 1. The molecule has 186 valence electrons. The van der Waals surface area contributed by atoms with Gasteiger partial charge in [0.2, 0.25) is 16.6 Å². The maximum Gasteiger partial charge on any atom is 0.470 e. The fourth-order valence-electron chi connectivity index (χ4n) is 2.76. The predicted octanol–water partition coefficient (Wildman–Crippen LogP) is 5.75. The van der Waals surface area contributed by atoms with Crippen molar-refractivity contribution in [3.8, 4) is 0 Å². The molecule has 0 saturated heterocycles. The Morgan fingerprint density at radius 2 is 1.31 bits per heavy atom. The minimum absolute atomic E-state index is 0.251. The van der Waals surface area contributed by atoms with Crippen molar-refractivity contribution >= 4 is 48.0 Å². The quantitative estimate of drug-likeness (QED) is 0.118. The van der Waals surface area contributed by atoms with Crippen molar-refractivity contribution in [3.63, 3.8) is 0 Å². The van der Waals surface area contributed by atoms with Crippen LogP contribution in [-0.4, -0.2) is 59.4 Å². The topological polar surface area (TPSA) is 74.2 Å². The smallest absolute Gasteiger partial charge is 0.462 e. The Balaban J connectivity index is 5.94. The van der Waals surface area contributed by atoms with Crippen LogP contribution >= 0.6 is 0 Å². The molecule has 0 aliphatic rings. The van der Waals surface area contributed by atoms with Crippen LogP contribution in [0.25, 0.3) is 0 Å². The lowest BCUT2D eigenvalue weighted by molar-refractivity contribution is -0.139. The zero-order valence-electron chi connectivity index (χ0n) is 21.8. The van der Waals surface area contributed by atoms with Gasteiger partial charge in [0.25, 0.3) is 0 Å². The van der Waals surface area contributed by atoms with Gasteiger partial charge in [-0.3, -0.25) is 0 Å². The summed E-state index contributed by atoms with van der Waals surface area (Å²) in [4.78, 5) is 22.2. The molecular formula is C21H46O6Si5. The first-order chi connectivity index (χ1) is 14.3. The van der Waals surface area contributed by atoms with Crippen LogP contribution in [0.5, 0.6) is 0 Å². The first-order valence-electron chi connectivity index (χ1n) is 11.2. The average molecular weight is 535 g/mol. The van der Waals surface area contributed by atoms with E-state index in [1.807, 2.05) is 24.5 Å². The van der Waals surface area contributed by atoms with E-state index in [9.17, 15) is 9.59 Å². The second-order valence-electron chi connectivity index (χ2n) is 10.7. The Labute approximate surface area is 201 Å². The van der Waals surface area contributed by atoms with Gasteiger partial charge in [0.05, 0.1) is 6.61 Å². The second-order valence-corrected chi connectivity index (χ2v) is 30.4. The van der Waals surface area contributed by atoms with Gasteiger partial charge in [0.1, 0.15) is 0 Å². The van der Waals surface area contributed by atoms with Crippen LogP contribution in [0.15, 0.2) is 36.7 Å². The van der Waals surface area contributed by atoms with Gasteiger partial charge in [-0.05, 0) is 77.8 Å². The zero-order valence-corrected chi connectivity index (χ0v) is 26.8. The molecule has 0 amide bonds. The molecule has 0 spiro atoms. The summed E-state index contributed by atoms with van der Waals surface area (Å²) in [7, 11) is -12.1. The normalized spacial score (nSPS) is 13.6. The Morgan fingerprint density at radius 1 is 0.844 bits per heavy atom. The second kappa shape index (κ2) is 12.4. The van der Waals surface area contributed by atoms with Gasteiger partial charge < -0.3 is 21.9 Å². The molecule has 0 aromatic rings. The highest BCUT2D eigenvalue weighted by atomic mass is 28.5. The molecule has 1 N–H and O–H groups in total. The summed E-state index contributed by atoms with van der Waals surface area (Å²) in [6.45, 7) is 30.0. The minimum atomic E-state index is -3.18. The van der Waals surface area contributed by atoms with Gasteiger partial charge in [-0.1, -0.05) is 18.0 Å². The molecule has 0 fully saturated rings. The van der Waals surface area contributed by atoms with Crippen molar-refractivity contribution < 1.29 is 26.7 Å². The van der Waals surface area contributed by atoms with Crippen molar-refractivity contribution in [2.24, 2.45) is 0 Å². The maximum absolute atomic E-state index is 11.8. The monoisotopic (exact) mass is 534 g/mol.